The van der Waals surface area contributed by atoms with Crippen LogP contribution >= 0.6 is 0 Å². The Bertz CT molecular complexity index is 315. The molecule has 0 saturated heterocycles. The van der Waals surface area contributed by atoms with E-state index in [4.69, 9.17) is 9.84 Å². The van der Waals surface area contributed by atoms with Crippen molar-refractivity contribution >= 4 is 12.1 Å². The van der Waals surface area contributed by atoms with E-state index in [1.165, 1.54) is 0 Å². The Morgan fingerprint density at radius 2 is 1.72 bits per heavy atom. The molecule has 0 aromatic heterocycles. The van der Waals surface area contributed by atoms with Crippen molar-refractivity contribution in [3.63, 3.8) is 0 Å². The van der Waals surface area contributed by atoms with Crippen LogP contribution in [0.15, 0.2) is 0 Å². The molecule has 0 aliphatic heterocycles. The summed E-state index contributed by atoms with van der Waals surface area (Å²) in [4.78, 5) is 23.4. The van der Waals surface area contributed by atoms with Crippen LogP contribution in [0.5, 0.6) is 0 Å². The predicted octanol–water partition coefficient (Wildman–Crippen LogP) is 3.58. The fraction of sp³-hybridized carbons (Fsp3) is 0.900. The second kappa shape index (κ2) is 18.0. The van der Waals surface area contributed by atoms with Gasteiger partial charge in [-0.05, 0) is 46.3 Å². The summed E-state index contributed by atoms with van der Waals surface area (Å²) >= 11 is 0. The predicted molar refractivity (Wildman–Crippen MR) is 106 cm³/mol. The first kappa shape index (κ1) is 29.0. The molecular weight excluding hydrogens is 318 g/mol. The molecule has 0 fully saturated rings. The highest BCUT2D eigenvalue weighted by molar-refractivity contribution is 5.83. The number of aldehydes is 1. The van der Waals surface area contributed by atoms with Crippen molar-refractivity contribution in [2.75, 3.05) is 34.4 Å². The molecular formula is C20H43NO4. The summed E-state index contributed by atoms with van der Waals surface area (Å²) in [6, 6.07) is 0. The van der Waals surface area contributed by atoms with Crippen LogP contribution in [-0.2, 0) is 14.3 Å². The third kappa shape index (κ3) is 21.2. The number of aliphatic hydroxyl groups excluding tert-OH is 1. The van der Waals surface area contributed by atoms with Gasteiger partial charge in [0.1, 0.15) is 12.1 Å². The molecule has 5 heteroatoms. The van der Waals surface area contributed by atoms with Crippen molar-refractivity contribution in [3.05, 3.63) is 0 Å². The fourth-order valence-electron chi connectivity index (χ4n) is 1.85. The lowest BCUT2D eigenvalue weighted by Crippen LogP contribution is -2.26. The van der Waals surface area contributed by atoms with Gasteiger partial charge in [-0.15, -0.1) is 0 Å². The Morgan fingerprint density at radius 3 is 2.04 bits per heavy atom. The number of ether oxygens (including phenoxy) is 1. The molecule has 0 rings (SSSR count). The molecule has 0 aromatic carbocycles. The number of aliphatic hydroxyl groups is 1. The van der Waals surface area contributed by atoms with E-state index >= 15 is 0 Å². The number of hydrogen-bond donors (Lipinski definition) is 1. The highest BCUT2D eigenvalue weighted by Crippen LogP contribution is 2.23. The van der Waals surface area contributed by atoms with Gasteiger partial charge < -0.3 is 19.5 Å². The minimum absolute atomic E-state index is 0.240. The Hall–Kier alpha value is -0.780. The fourth-order valence-corrected chi connectivity index (χ4v) is 1.85. The van der Waals surface area contributed by atoms with E-state index in [0.29, 0.717) is 31.1 Å². The van der Waals surface area contributed by atoms with Crippen LogP contribution in [0.25, 0.3) is 0 Å². The minimum atomic E-state index is -0.240. The third-order valence-electron chi connectivity index (χ3n) is 3.76. The maximum atomic E-state index is 11.7. The Morgan fingerprint density at radius 1 is 1.20 bits per heavy atom. The average Bonchev–Trinajstić information content (AvgIpc) is 2.54. The van der Waals surface area contributed by atoms with E-state index in [0.717, 1.165) is 32.8 Å². The zero-order chi connectivity index (χ0) is 20.5. The Labute approximate surface area is 156 Å². The monoisotopic (exact) mass is 361 g/mol. The van der Waals surface area contributed by atoms with Crippen molar-refractivity contribution in [3.8, 4) is 0 Å². The largest absolute Gasteiger partial charge is 0.400 e. The molecule has 0 aromatic rings. The maximum absolute atomic E-state index is 11.7. The summed E-state index contributed by atoms with van der Waals surface area (Å²) in [7, 11) is 5.13. The average molecular weight is 362 g/mol. The van der Waals surface area contributed by atoms with Gasteiger partial charge in [0.05, 0.1) is 6.10 Å². The molecule has 0 saturated carbocycles. The molecule has 0 radical (unpaired) electrons. The minimum Gasteiger partial charge on any atom is -0.400 e. The zero-order valence-electron chi connectivity index (χ0n) is 18.1. The molecule has 1 unspecified atom stereocenters. The van der Waals surface area contributed by atoms with Crippen LogP contribution in [0.2, 0.25) is 0 Å². The molecule has 0 aliphatic carbocycles. The van der Waals surface area contributed by atoms with E-state index in [1.54, 1.807) is 0 Å². The lowest BCUT2D eigenvalue weighted by Gasteiger charge is -2.23. The number of nitrogens with zero attached hydrogens (tertiary/aromatic N) is 1. The van der Waals surface area contributed by atoms with E-state index in [1.807, 2.05) is 34.6 Å². The van der Waals surface area contributed by atoms with Crippen molar-refractivity contribution in [2.45, 2.75) is 73.3 Å². The first-order valence-electron chi connectivity index (χ1n) is 9.24. The van der Waals surface area contributed by atoms with E-state index in [2.05, 4.69) is 25.9 Å². The normalized spacial score (nSPS) is 12.0. The van der Waals surface area contributed by atoms with Gasteiger partial charge in [-0.25, -0.2) is 0 Å². The molecule has 152 valence electrons. The second-order valence-corrected chi connectivity index (χ2v) is 7.48. The van der Waals surface area contributed by atoms with E-state index in [9.17, 15) is 9.59 Å². The van der Waals surface area contributed by atoms with Crippen LogP contribution in [-0.4, -0.2) is 62.5 Å². The molecule has 0 bridgehead atoms. The smallest absolute Gasteiger partial charge is 0.138 e. The number of ketones is 1. The summed E-state index contributed by atoms with van der Waals surface area (Å²) < 4.78 is 5.74. The first-order chi connectivity index (χ1) is 11.6. The van der Waals surface area contributed by atoms with Crippen molar-refractivity contribution < 1.29 is 19.4 Å². The van der Waals surface area contributed by atoms with Gasteiger partial charge >= 0.3 is 0 Å². The van der Waals surface area contributed by atoms with Gasteiger partial charge in [0.15, 0.2) is 0 Å². The lowest BCUT2D eigenvalue weighted by molar-refractivity contribution is -0.128. The van der Waals surface area contributed by atoms with Crippen LogP contribution < -0.4 is 0 Å². The highest BCUT2D eigenvalue weighted by atomic mass is 16.5. The SMILES string of the molecule is CC(C)CC=O.CCC(=O)C(C)(C)CCOC(C)CCN(C)C.CO. The standard InChI is InChI=1S/C14H29NO2.C5H10O.CH4O/c1-7-13(16)14(3,4)9-11-17-12(2)8-10-15(5)6;1-5(2)3-4-6;1-2/h12H,7-11H2,1-6H3;4-5H,3H2,1-2H3;2H,1H3. The quantitative estimate of drug-likeness (QED) is 0.570. The van der Waals surface area contributed by atoms with Gasteiger partial charge in [-0.2, -0.15) is 0 Å². The number of rotatable bonds is 11. The molecule has 1 N–H and O–H groups in total. The lowest BCUT2D eigenvalue weighted by atomic mass is 9.84. The van der Waals surface area contributed by atoms with E-state index in [-0.39, 0.29) is 11.5 Å². The van der Waals surface area contributed by atoms with Gasteiger partial charge in [-0.1, -0.05) is 34.6 Å². The number of carbonyl (C=O) groups excluding carboxylic acids is 2. The van der Waals surface area contributed by atoms with Gasteiger partial charge in [-0.3, -0.25) is 4.79 Å². The zero-order valence-corrected chi connectivity index (χ0v) is 18.1. The van der Waals surface area contributed by atoms with Crippen molar-refractivity contribution in [1.82, 2.24) is 4.90 Å². The topological polar surface area (TPSA) is 66.8 Å². The summed E-state index contributed by atoms with van der Waals surface area (Å²) in [5, 5.41) is 7.00. The van der Waals surface area contributed by atoms with Gasteiger partial charge in [0.25, 0.3) is 0 Å². The van der Waals surface area contributed by atoms with Gasteiger partial charge in [0, 0.05) is 32.0 Å². The summed E-state index contributed by atoms with van der Waals surface area (Å²) in [5.41, 5.74) is -0.240. The molecule has 0 aliphatic rings. The van der Waals surface area contributed by atoms with Crippen LogP contribution in [0.1, 0.15) is 67.2 Å². The first-order valence-corrected chi connectivity index (χ1v) is 9.24. The molecule has 0 amide bonds. The number of carbonyl (C=O) groups is 2. The van der Waals surface area contributed by atoms with Crippen LogP contribution in [0.3, 0.4) is 0 Å². The molecule has 25 heavy (non-hydrogen) atoms. The summed E-state index contributed by atoms with van der Waals surface area (Å²) in [6.07, 6.45) is 4.37. The maximum Gasteiger partial charge on any atom is 0.138 e. The highest BCUT2D eigenvalue weighted by Gasteiger charge is 2.25. The third-order valence-corrected chi connectivity index (χ3v) is 3.76. The van der Waals surface area contributed by atoms with Crippen LogP contribution in [0, 0.1) is 11.3 Å². The van der Waals surface area contributed by atoms with Crippen LogP contribution in [0.4, 0.5) is 0 Å². The van der Waals surface area contributed by atoms with E-state index < -0.39 is 0 Å². The Kier molecular flexibility index (Phi) is 20.9. The van der Waals surface area contributed by atoms with Crippen molar-refractivity contribution in [2.24, 2.45) is 11.3 Å². The molecule has 5 nitrogen and oxygen atoms in total. The summed E-state index contributed by atoms with van der Waals surface area (Å²) in [5.74, 6) is 0.851. The number of Topliss-reactive ketones (excluding diaryl/α,β-unsaturated/α-hetero) is 1. The number of hydrogen-bond acceptors (Lipinski definition) is 5. The van der Waals surface area contributed by atoms with Gasteiger partial charge in [0.2, 0.25) is 0 Å². The second-order valence-electron chi connectivity index (χ2n) is 7.48. The summed E-state index contributed by atoms with van der Waals surface area (Å²) in [6.45, 7) is 13.8. The molecule has 1 atom stereocenters. The molecule has 0 heterocycles. The Balaban J connectivity index is -0.000000507. The van der Waals surface area contributed by atoms with Crippen molar-refractivity contribution in [1.29, 1.82) is 0 Å². The molecule has 0 spiro atoms.